The van der Waals surface area contributed by atoms with Crippen LogP contribution in [0.4, 0.5) is 13.2 Å². The molecule has 11 heteroatoms. The first kappa shape index (κ1) is 25.0. The maximum atomic E-state index is 12.9. The highest BCUT2D eigenvalue weighted by Crippen LogP contribution is 2.29. The Balaban J connectivity index is 0.00000341. The molecule has 1 fully saturated rings. The third-order valence-electron chi connectivity index (χ3n) is 4.87. The van der Waals surface area contributed by atoms with Crippen LogP contribution in [0.15, 0.2) is 45.8 Å². The van der Waals surface area contributed by atoms with E-state index in [2.05, 4.69) is 20.1 Å². The second kappa shape index (κ2) is 10.8. The van der Waals surface area contributed by atoms with Crippen molar-refractivity contribution < 1.29 is 22.4 Å². The van der Waals surface area contributed by atoms with Gasteiger partial charge in [-0.2, -0.15) is 13.2 Å². The molecule has 0 atom stereocenters. The number of halogens is 4. The third-order valence-corrected chi connectivity index (χ3v) is 4.87. The second-order valence-electron chi connectivity index (χ2n) is 6.99. The fourth-order valence-electron chi connectivity index (χ4n) is 3.33. The van der Waals surface area contributed by atoms with E-state index in [-0.39, 0.29) is 29.7 Å². The van der Waals surface area contributed by atoms with E-state index < -0.39 is 17.6 Å². The van der Waals surface area contributed by atoms with Gasteiger partial charge in [0.2, 0.25) is 0 Å². The topological polar surface area (TPSA) is 87.1 Å². The average Bonchev–Trinajstić information content (AvgIpc) is 3.19. The van der Waals surface area contributed by atoms with E-state index in [1.54, 1.807) is 19.2 Å². The summed E-state index contributed by atoms with van der Waals surface area (Å²) in [5.74, 6) is 0.728. The Bertz CT molecular complexity index is 908. The molecule has 1 aromatic heterocycles. The molecule has 2 heterocycles. The van der Waals surface area contributed by atoms with Crippen LogP contribution in [-0.4, -0.2) is 54.9 Å². The summed E-state index contributed by atoms with van der Waals surface area (Å²) in [5, 5.41) is 3.18. The fraction of sp³-hybridized carbons (Fsp3) is 0.400. The SMILES string of the molecule is CN=C(NCc1ccc(C(N)=O)o1)N1CCN(Cc2cccc(C(F)(F)F)c2)CC1.I. The first-order chi connectivity index (χ1) is 14.3. The Morgan fingerprint density at radius 1 is 1.19 bits per heavy atom. The molecule has 31 heavy (non-hydrogen) atoms. The van der Waals surface area contributed by atoms with E-state index in [4.69, 9.17) is 10.2 Å². The molecule has 1 aliphatic heterocycles. The summed E-state index contributed by atoms with van der Waals surface area (Å²) < 4.78 is 44.0. The van der Waals surface area contributed by atoms with E-state index in [9.17, 15) is 18.0 Å². The summed E-state index contributed by atoms with van der Waals surface area (Å²) in [6.45, 7) is 3.58. The van der Waals surface area contributed by atoms with Gasteiger partial charge in [-0.05, 0) is 23.8 Å². The number of nitrogens with one attached hydrogen (secondary N) is 1. The number of benzene rings is 1. The highest BCUT2D eigenvalue weighted by molar-refractivity contribution is 14.0. The molecular formula is C20H25F3IN5O2. The Morgan fingerprint density at radius 3 is 2.48 bits per heavy atom. The zero-order valence-corrected chi connectivity index (χ0v) is 19.3. The van der Waals surface area contributed by atoms with Crippen molar-refractivity contribution in [3.8, 4) is 0 Å². The van der Waals surface area contributed by atoms with Gasteiger partial charge >= 0.3 is 6.18 Å². The lowest BCUT2D eigenvalue weighted by Gasteiger charge is -2.36. The largest absolute Gasteiger partial charge is 0.454 e. The minimum atomic E-state index is -4.33. The number of furan rings is 1. The number of hydrogen-bond donors (Lipinski definition) is 2. The lowest BCUT2D eigenvalue weighted by Crippen LogP contribution is -2.52. The predicted octanol–water partition coefficient (Wildman–Crippen LogP) is 2.91. The highest BCUT2D eigenvalue weighted by Gasteiger charge is 2.30. The molecule has 1 aromatic carbocycles. The first-order valence-corrected chi connectivity index (χ1v) is 9.49. The van der Waals surface area contributed by atoms with Gasteiger partial charge in [0.1, 0.15) is 5.76 Å². The quantitative estimate of drug-likeness (QED) is 0.339. The Hall–Kier alpha value is -2.28. The van der Waals surface area contributed by atoms with E-state index in [1.807, 2.05) is 0 Å². The first-order valence-electron chi connectivity index (χ1n) is 9.49. The van der Waals surface area contributed by atoms with Gasteiger partial charge in [0.05, 0.1) is 12.1 Å². The van der Waals surface area contributed by atoms with Gasteiger partial charge in [0.25, 0.3) is 5.91 Å². The minimum Gasteiger partial charge on any atom is -0.454 e. The van der Waals surface area contributed by atoms with Gasteiger partial charge in [0, 0.05) is 39.8 Å². The number of piperazine rings is 1. The van der Waals surface area contributed by atoms with Crippen molar-refractivity contribution in [2.75, 3.05) is 33.2 Å². The predicted molar refractivity (Wildman–Crippen MR) is 121 cm³/mol. The lowest BCUT2D eigenvalue weighted by atomic mass is 10.1. The van der Waals surface area contributed by atoms with E-state index in [0.29, 0.717) is 56.6 Å². The van der Waals surface area contributed by atoms with Crippen LogP contribution < -0.4 is 11.1 Å². The van der Waals surface area contributed by atoms with E-state index in [1.165, 1.54) is 18.2 Å². The molecule has 2 aromatic rings. The number of nitrogens with two attached hydrogens (primary N) is 1. The van der Waals surface area contributed by atoms with Crippen molar-refractivity contribution in [1.82, 2.24) is 15.1 Å². The number of hydrogen-bond acceptors (Lipinski definition) is 4. The summed E-state index contributed by atoms with van der Waals surface area (Å²) in [6, 6.07) is 8.64. The number of nitrogens with zero attached hydrogens (tertiary/aromatic N) is 3. The molecule has 0 radical (unpaired) electrons. The molecule has 1 saturated heterocycles. The summed E-state index contributed by atoms with van der Waals surface area (Å²) in [4.78, 5) is 19.6. The van der Waals surface area contributed by atoms with Crippen LogP contribution in [0.3, 0.4) is 0 Å². The normalized spacial score (nSPS) is 15.5. The number of amides is 1. The molecule has 3 N–H and O–H groups in total. The molecule has 7 nitrogen and oxygen atoms in total. The standard InChI is InChI=1S/C20H24F3N5O2.HI/c1-25-19(26-12-16-5-6-17(30-16)18(24)29)28-9-7-27(8-10-28)13-14-3-2-4-15(11-14)20(21,22)23;/h2-6,11H,7-10,12-13H2,1H3,(H2,24,29)(H,25,26);1H. The number of primary amides is 1. The summed E-state index contributed by atoms with van der Waals surface area (Å²) in [6.07, 6.45) is -4.33. The molecule has 0 bridgehead atoms. The van der Waals surface area contributed by atoms with Crippen molar-refractivity contribution in [2.24, 2.45) is 10.7 Å². The monoisotopic (exact) mass is 551 g/mol. The summed E-state index contributed by atoms with van der Waals surface area (Å²) in [7, 11) is 1.67. The fourth-order valence-corrected chi connectivity index (χ4v) is 3.33. The van der Waals surface area contributed by atoms with Gasteiger partial charge in [-0.15, -0.1) is 24.0 Å². The molecular weight excluding hydrogens is 526 g/mol. The van der Waals surface area contributed by atoms with Crippen LogP contribution in [0.1, 0.15) is 27.4 Å². The van der Waals surface area contributed by atoms with Crippen molar-refractivity contribution in [1.29, 1.82) is 0 Å². The van der Waals surface area contributed by atoms with Crippen LogP contribution >= 0.6 is 24.0 Å². The smallest absolute Gasteiger partial charge is 0.416 e. The molecule has 0 unspecified atom stereocenters. The number of aliphatic imine (C=N–C) groups is 1. The van der Waals surface area contributed by atoms with Crippen molar-refractivity contribution >= 4 is 35.8 Å². The van der Waals surface area contributed by atoms with Crippen molar-refractivity contribution in [3.05, 3.63) is 59.0 Å². The Kier molecular flexibility index (Phi) is 8.74. The molecule has 170 valence electrons. The molecule has 1 aliphatic rings. The second-order valence-corrected chi connectivity index (χ2v) is 6.99. The van der Waals surface area contributed by atoms with E-state index >= 15 is 0 Å². The number of alkyl halides is 3. The number of carbonyl (C=O) groups excluding carboxylic acids is 1. The van der Waals surface area contributed by atoms with Gasteiger partial charge in [0.15, 0.2) is 11.7 Å². The van der Waals surface area contributed by atoms with Gasteiger partial charge < -0.3 is 20.4 Å². The lowest BCUT2D eigenvalue weighted by molar-refractivity contribution is -0.137. The van der Waals surface area contributed by atoms with Gasteiger partial charge in [-0.3, -0.25) is 14.7 Å². The minimum absolute atomic E-state index is 0. The molecule has 1 amide bonds. The summed E-state index contributed by atoms with van der Waals surface area (Å²) in [5.41, 5.74) is 5.20. The van der Waals surface area contributed by atoms with Crippen LogP contribution in [0.5, 0.6) is 0 Å². The zero-order chi connectivity index (χ0) is 21.7. The Labute approximate surface area is 195 Å². The highest BCUT2D eigenvalue weighted by atomic mass is 127. The summed E-state index contributed by atoms with van der Waals surface area (Å²) >= 11 is 0. The van der Waals surface area contributed by atoms with E-state index in [0.717, 1.165) is 6.07 Å². The average molecular weight is 551 g/mol. The van der Waals surface area contributed by atoms with Crippen LogP contribution in [0.25, 0.3) is 0 Å². The zero-order valence-electron chi connectivity index (χ0n) is 17.0. The number of carbonyl (C=O) groups is 1. The molecule has 0 spiro atoms. The third kappa shape index (κ3) is 6.86. The van der Waals surface area contributed by atoms with Crippen molar-refractivity contribution in [3.63, 3.8) is 0 Å². The maximum Gasteiger partial charge on any atom is 0.416 e. The molecule has 3 rings (SSSR count). The van der Waals surface area contributed by atoms with Gasteiger partial charge in [-0.25, -0.2) is 0 Å². The maximum absolute atomic E-state index is 12.9. The molecule has 0 saturated carbocycles. The van der Waals surface area contributed by atoms with Gasteiger partial charge in [-0.1, -0.05) is 18.2 Å². The van der Waals surface area contributed by atoms with Crippen LogP contribution in [0.2, 0.25) is 0 Å². The Morgan fingerprint density at radius 2 is 1.90 bits per heavy atom. The van der Waals surface area contributed by atoms with Crippen molar-refractivity contribution in [2.45, 2.75) is 19.3 Å². The number of guanidine groups is 1. The van der Waals surface area contributed by atoms with Crippen LogP contribution in [0, 0.1) is 0 Å². The van der Waals surface area contributed by atoms with Crippen LogP contribution in [-0.2, 0) is 19.3 Å². The number of rotatable bonds is 5. The molecule has 0 aliphatic carbocycles.